The number of fused-ring (bicyclic) bond motifs is 5. The second kappa shape index (κ2) is 4.69. The molecule has 0 N–H and O–H groups in total. The van der Waals surface area contributed by atoms with Gasteiger partial charge < -0.3 is 0 Å². The van der Waals surface area contributed by atoms with Gasteiger partial charge >= 0.3 is 0 Å². The standard InChI is InChI=1S/C21H28O/c1-4-14-6-8-18-17-7-5-15-13-16(22)9-11-21(15,3)19(17)10-12-20(14,18)2/h4-5,7,13,17-19H,6,8-12H2,1-3H3/t17?,18?,19?,20-,21+/m1/s1. The van der Waals surface area contributed by atoms with Crippen molar-refractivity contribution in [2.45, 2.75) is 59.3 Å². The molecular weight excluding hydrogens is 268 g/mol. The highest BCUT2D eigenvalue weighted by Crippen LogP contribution is 2.64. The smallest absolute Gasteiger partial charge is 0.156 e. The molecule has 0 saturated heterocycles. The van der Waals surface area contributed by atoms with Crippen LogP contribution in [0.1, 0.15) is 59.3 Å². The van der Waals surface area contributed by atoms with Crippen LogP contribution < -0.4 is 0 Å². The van der Waals surface area contributed by atoms with Gasteiger partial charge in [-0.05, 0) is 79.3 Å². The SMILES string of the molecule is CC=C1CCC2C3C=CC4=CC(=O)CC[C@]4(C)C3CC[C@]12C. The van der Waals surface area contributed by atoms with Crippen molar-refractivity contribution >= 4 is 5.78 Å². The average Bonchev–Trinajstić information content (AvgIpc) is 2.84. The van der Waals surface area contributed by atoms with Gasteiger partial charge in [0.05, 0.1) is 0 Å². The summed E-state index contributed by atoms with van der Waals surface area (Å²) < 4.78 is 0. The average molecular weight is 296 g/mol. The molecule has 0 aromatic carbocycles. The number of rotatable bonds is 0. The molecule has 0 aliphatic heterocycles. The number of ketones is 1. The Kier molecular flexibility index (Phi) is 3.09. The minimum Gasteiger partial charge on any atom is -0.295 e. The van der Waals surface area contributed by atoms with Gasteiger partial charge in [0.15, 0.2) is 5.78 Å². The third kappa shape index (κ3) is 1.74. The number of carbonyl (C=O) groups excluding carboxylic acids is 1. The van der Waals surface area contributed by atoms with Gasteiger partial charge in [0.2, 0.25) is 0 Å². The first-order chi connectivity index (χ1) is 10.5. The summed E-state index contributed by atoms with van der Waals surface area (Å²) in [5.74, 6) is 2.59. The highest BCUT2D eigenvalue weighted by atomic mass is 16.1. The molecule has 0 amide bonds. The molecule has 0 aromatic rings. The van der Waals surface area contributed by atoms with E-state index in [0.29, 0.717) is 17.1 Å². The molecule has 4 rings (SSSR count). The lowest BCUT2D eigenvalue weighted by atomic mass is 9.49. The summed E-state index contributed by atoms with van der Waals surface area (Å²) in [7, 11) is 0. The van der Waals surface area contributed by atoms with Crippen LogP contribution in [0.25, 0.3) is 0 Å². The third-order valence-corrected chi connectivity index (χ3v) is 7.71. The van der Waals surface area contributed by atoms with Gasteiger partial charge in [-0.2, -0.15) is 0 Å². The van der Waals surface area contributed by atoms with Gasteiger partial charge in [-0.15, -0.1) is 0 Å². The van der Waals surface area contributed by atoms with Crippen LogP contribution >= 0.6 is 0 Å². The Morgan fingerprint density at radius 1 is 1.09 bits per heavy atom. The van der Waals surface area contributed by atoms with Crippen LogP contribution in [0.5, 0.6) is 0 Å². The molecule has 0 spiro atoms. The van der Waals surface area contributed by atoms with Crippen molar-refractivity contribution in [3.05, 3.63) is 35.5 Å². The zero-order valence-corrected chi connectivity index (χ0v) is 14.2. The van der Waals surface area contributed by atoms with E-state index in [2.05, 4.69) is 39.0 Å². The van der Waals surface area contributed by atoms with Crippen LogP contribution in [0.2, 0.25) is 0 Å². The van der Waals surface area contributed by atoms with Gasteiger partial charge in [-0.25, -0.2) is 0 Å². The molecule has 0 radical (unpaired) electrons. The number of allylic oxidation sites excluding steroid dienone is 6. The predicted molar refractivity (Wildman–Crippen MR) is 90.4 cm³/mol. The Labute approximate surface area is 134 Å². The first kappa shape index (κ1) is 14.5. The lowest BCUT2D eigenvalue weighted by Gasteiger charge is -2.55. The molecule has 0 bridgehead atoms. The Hall–Kier alpha value is -1.11. The van der Waals surface area contributed by atoms with Crippen molar-refractivity contribution < 1.29 is 4.79 Å². The summed E-state index contributed by atoms with van der Waals surface area (Å²) in [6.45, 7) is 7.17. The van der Waals surface area contributed by atoms with E-state index in [0.717, 1.165) is 24.7 Å². The molecule has 2 saturated carbocycles. The molecule has 2 fully saturated rings. The van der Waals surface area contributed by atoms with E-state index in [4.69, 9.17) is 0 Å². The number of carbonyl (C=O) groups is 1. The maximum absolute atomic E-state index is 11.8. The number of hydrogen-bond donors (Lipinski definition) is 0. The van der Waals surface area contributed by atoms with Crippen LogP contribution in [0.3, 0.4) is 0 Å². The maximum Gasteiger partial charge on any atom is 0.156 e. The van der Waals surface area contributed by atoms with E-state index in [1.807, 2.05) is 6.08 Å². The van der Waals surface area contributed by atoms with Crippen molar-refractivity contribution in [1.82, 2.24) is 0 Å². The molecule has 4 aliphatic rings. The largest absolute Gasteiger partial charge is 0.295 e. The van der Waals surface area contributed by atoms with E-state index in [1.54, 1.807) is 5.57 Å². The van der Waals surface area contributed by atoms with Crippen LogP contribution in [-0.2, 0) is 4.79 Å². The van der Waals surface area contributed by atoms with Crippen LogP contribution in [0.4, 0.5) is 0 Å². The minimum absolute atomic E-state index is 0.243. The molecular formula is C21H28O. The molecule has 5 atom stereocenters. The molecule has 22 heavy (non-hydrogen) atoms. The zero-order chi connectivity index (χ0) is 15.5. The fraction of sp³-hybridized carbons (Fsp3) is 0.667. The Morgan fingerprint density at radius 3 is 2.64 bits per heavy atom. The van der Waals surface area contributed by atoms with E-state index < -0.39 is 0 Å². The molecule has 1 nitrogen and oxygen atoms in total. The molecule has 0 aromatic heterocycles. The maximum atomic E-state index is 11.8. The van der Waals surface area contributed by atoms with Crippen molar-refractivity contribution in [2.75, 3.05) is 0 Å². The van der Waals surface area contributed by atoms with Crippen molar-refractivity contribution in [3.8, 4) is 0 Å². The third-order valence-electron chi connectivity index (χ3n) is 7.71. The Bertz CT molecular complexity index is 607. The van der Waals surface area contributed by atoms with Gasteiger partial charge in [0, 0.05) is 6.42 Å². The van der Waals surface area contributed by atoms with E-state index >= 15 is 0 Å². The predicted octanol–water partition coefficient (Wildman–Crippen LogP) is 5.24. The summed E-state index contributed by atoms with van der Waals surface area (Å²) >= 11 is 0. The fourth-order valence-electron chi connectivity index (χ4n) is 6.32. The second-order valence-corrected chi connectivity index (χ2v) is 8.44. The van der Waals surface area contributed by atoms with Gasteiger partial charge in [-0.3, -0.25) is 4.79 Å². The summed E-state index contributed by atoms with van der Waals surface area (Å²) in [5.41, 5.74) is 3.70. The molecule has 118 valence electrons. The van der Waals surface area contributed by atoms with Crippen molar-refractivity contribution in [3.63, 3.8) is 0 Å². The summed E-state index contributed by atoms with van der Waals surface area (Å²) in [4.78, 5) is 11.8. The summed E-state index contributed by atoms with van der Waals surface area (Å²) in [5, 5.41) is 0. The van der Waals surface area contributed by atoms with Gasteiger partial charge in [0.1, 0.15) is 0 Å². The topological polar surface area (TPSA) is 17.1 Å². The molecule has 3 unspecified atom stereocenters. The zero-order valence-electron chi connectivity index (χ0n) is 14.2. The minimum atomic E-state index is 0.243. The van der Waals surface area contributed by atoms with E-state index in [9.17, 15) is 4.79 Å². The van der Waals surface area contributed by atoms with E-state index in [1.165, 1.54) is 31.3 Å². The lowest BCUT2D eigenvalue weighted by Crippen LogP contribution is -2.47. The van der Waals surface area contributed by atoms with Crippen LogP contribution in [-0.4, -0.2) is 5.78 Å². The summed E-state index contributed by atoms with van der Waals surface area (Å²) in [6, 6.07) is 0. The van der Waals surface area contributed by atoms with Crippen LogP contribution in [0, 0.1) is 28.6 Å². The molecule has 0 heterocycles. The molecule has 4 aliphatic carbocycles. The first-order valence-corrected chi connectivity index (χ1v) is 9.08. The summed E-state index contributed by atoms with van der Waals surface area (Å²) in [6.07, 6.45) is 16.2. The highest BCUT2D eigenvalue weighted by Gasteiger charge is 2.56. The normalized spacial score (nSPS) is 48.7. The quantitative estimate of drug-likeness (QED) is 0.559. The second-order valence-electron chi connectivity index (χ2n) is 8.44. The van der Waals surface area contributed by atoms with Crippen molar-refractivity contribution in [1.29, 1.82) is 0 Å². The fourth-order valence-corrected chi connectivity index (χ4v) is 6.32. The Morgan fingerprint density at radius 2 is 1.86 bits per heavy atom. The lowest BCUT2D eigenvalue weighted by molar-refractivity contribution is -0.116. The first-order valence-electron chi connectivity index (χ1n) is 9.08. The van der Waals surface area contributed by atoms with Gasteiger partial charge in [-0.1, -0.05) is 37.6 Å². The molecule has 1 heteroatoms. The van der Waals surface area contributed by atoms with Crippen LogP contribution in [0.15, 0.2) is 35.5 Å². The Balaban J connectivity index is 1.75. The highest BCUT2D eigenvalue weighted by molar-refractivity contribution is 5.92. The number of hydrogen-bond acceptors (Lipinski definition) is 1. The van der Waals surface area contributed by atoms with E-state index in [-0.39, 0.29) is 5.41 Å². The monoisotopic (exact) mass is 296 g/mol. The van der Waals surface area contributed by atoms with Crippen molar-refractivity contribution in [2.24, 2.45) is 28.6 Å². The van der Waals surface area contributed by atoms with Gasteiger partial charge in [0.25, 0.3) is 0 Å².